The molecule has 2 amide bonds. The number of carbonyl (C=O) groups is 2. The number of aromatic nitrogens is 1. The minimum absolute atomic E-state index is 0.160. The number of halogens is 1. The fourth-order valence-corrected chi connectivity index (χ4v) is 5.57. The van der Waals surface area contributed by atoms with E-state index in [0.717, 1.165) is 17.8 Å². The molecule has 5 rings (SSSR count). The third-order valence-corrected chi connectivity index (χ3v) is 7.52. The number of rotatable bonds is 7. The van der Waals surface area contributed by atoms with Gasteiger partial charge in [-0.25, -0.2) is 9.37 Å². The van der Waals surface area contributed by atoms with Crippen LogP contribution in [0.3, 0.4) is 0 Å². The van der Waals surface area contributed by atoms with E-state index < -0.39 is 5.82 Å². The van der Waals surface area contributed by atoms with Gasteiger partial charge in [0, 0.05) is 24.7 Å². The number of benzene rings is 2. The summed E-state index contributed by atoms with van der Waals surface area (Å²) in [6.45, 7) is 0.900. The SMILES string of the molecule is COc1cc(OC)cc(C(=O)NCC2C3CC3CN2C(=O)c2nc(N)sc2-c2cccc(F)c2)c1. The van der Waals surface area contributed by atoms with Crippen LogP contribution in [-0.2, 0) is 0 Å². The second-order valence-corrected chi connectivity index (χ2v) is 9.77. The van der Waals surface area contributed by atoms with Crippen molar-refractivity contribution in [3.8, 4) is 21.9 Å². The average molecular weight is 497 g/mol. The first-order valence-electron chi connectivity index (χ1n) is 11.2. The Hall–Kier alpha value is -3.66. The Morgan fingerprint density at radius 3 is 2.63 bits per heavy atom. The molecule has 8 nitrogen and oxygen atoms in total. The molecular weight excluding hydrogens is 471 g/mol. The lowest BCUT2D eigenvalue weighted by Crippen LogP contribution is -2.45. The Labute approximate surface area is 205 Å². The molecule has 1 aliphatic heterocycles. The van der Waals surface area contributed by atoms with Crippen molar-refractivity contribution in [3.63, 3.8) is 0 Å². The number of likely N-dealkylation sites (tertiary alicyclic amines) is 1. The van der Waals surface area contributed by atoms with Crippen LogP contribution < -0.4 is 20.5 Å². The molecule has 182 valence electrons. The van der Waals surface area contributed by atoms with Crippen LogP contribution in [0.5, 0.6) is 11.5 Å². The molecule has 1 saturated heterocycles. The van der Waals surface area contributed by atoms with Crippen LogP contribution in [0.15, 0.2) is 42.5 Å². The molecule has 0 bridgehead atoms. The van der Waals surface area contributed by atoms with Crippen molar-refractivity contribution in [1.82, 2.24) is 15.2 Å². The molecule has 3 unspecified atom stereocenters. The van der Waals surface area contributed by atoms with Crippen molar-refractivity contribution in [2.45, 2.75) is 12.5 Å². The lowest BCUT2D eigenvalue weighted by atomic mass is 10.1. The van der Waals surface area contributed by atoms with Gasteiger partial charge in [0.1, 0.15) is 23.0 Å². The summed E-state index contributed by atoms with van der Waals surface area (Å²) in [5.41, 5.74) is 7.12. The van der Waals surface area contributed by atoms with Gasteiger partial charge in [-0.2, -0.15) is 0 Å². The molecule has 1 saturated carbocycles. The fourth-order valence-electron chi connectivity index (χ4n) is 4.75. The summed E-state index contributed by atoms with van der Waals surface area (Å²) in [6, 6.07) is 10.8. The van der Waals surface area contributed by atoms with E-state index in [9.17, 15) is 14.0 Å². The van der Waals surface area contributed by atoms with Gasteiger partial charge in [0.25, 0.3) is 11.8 Å². The normalized spacial score (nSPS) is 20.3. The van der Waals surface area contributed by atoms with Gasteiger partial charge in [-0.05, 0) is 48.1 Å². The molecule has 0 spiro atoms. The molecule has 0 radical (unpaired) electrons. The highest BCUT2D eigenvalue weighted by molar-refractivity contribution is 7.19. The number of anilines is 1. The predicted octanol–water partition coefficient (Wildman–Crippen LogP) is 3.44. The van der Waals surface area contributed by atoms with Gasteiger partial charge in [-0.1, -0.05) is 23.5 Å². The van der Waals surface area contributed by atoms with Crippen LogP contribution in [-0.4, -0.2) is 55.0 Å². The highest BCUT2D eigenvalue weighted by atomic mass is 32.1. The van der Waals surface area contributed by atoms with Crippen molar-refractivity contribution in [2.75, 3.05) is 33.0 Å². The molecule has 2 aliphatic rings. The third kappa shape index (κ3) is 4.53. The van der Waals surface area contributed by atoms with Crippen LogP contribution in [0.4, 0.5) is 9.52 Å². The number of piperidine rings is 1. The Balaban J connectivity index is 1.34. The number of nitrogen functional groups attached to an aromatic ring is 1. The highest BCUT2D eigenvalue weighted by Crippen LogP contribution is 2.50. The Morgan fingerprint density at radius 2 is 1.94 bits per heavy atom. The van der Waals surface area contributed by atoms with E-state index in [2.05, 4.69) is 10.3 Å². The van der Waals surface area contributed by atoms with Crippen molar-refractivity contribution >= 4 is 28.3 Å². The van der Waals surface area contributed by atoms with Crippen LogP contribution in [0, 0.1) is 17.7 Å². The zero-order valence-electron chi connectivity index (χ0n) is 19.3. The molecular formula is C25H25FN4O4S. The number of hydrogen-bond donors (Lipinski definition) is 2. The summed E-state index contributed by atoms with van der Waals surface area (Å²) in [4.78, 5) is 33.1. The Morgan fingerprint density at radius 1 is 1.20 bits per heavy atom. The number of amides is 2. The maximum absolute atomic E-state index is 13.8. The van der Waals surface area contributed by atoms with Crippen molar-refractivity contribution in [3.05, 3.63) is 59.5 Å². The number of nitrogens with one attached hydrogen (secondary N) is 1. The second kappa shape index (κ2) is 9.18. The van der Waals surface area contributed by atoms with E-state index in [0.29, 0.717) is 52.4 Å². The fraction of sp³-hybridized carbons (Fsp3) is 0.320. The van der Waals surface area contributed by atoms with Crippen LogP contribution in [0.1, 0.15) is 27.3 Å². The summed E-state index contributed by atoms with van der Waals surface area (Å²) in [6.07, 6.45) is 1.02. The molecule has 2 fully saturated rings. The molecule has 2 heterocycles. The van der Waals surface area contributed by atoms with E-state index in [1.807, 2.05) is 0 Å². The first-order chi connectivity index (χ1) is 16.9. The van der Waals surface area contributed by atoms with Crippen molar-refractivity contribution < 1.29 is 23.5 Å². The van der Waals surface area contributed by atoms with E-state index in [1.54, 1.807) is 35.2 Å². The summed E-state index contributed by atoms with van der Waals surface area (Å²) in [5.74, 6) is 0.828. The van der Waals surface area contributed by atoms with Gasteiger partial charge in [-0.15, -0.1) is 0 Å². The minimum Gasteiger partial charge on any atom is -0.497 e. The van der Waals surface area contributed by atoms with Gasteiger partial charge in [-0.3, -0.25) is 9.59 Å². The van der Waals surface area contributed by atoms with E-state index in [1.165, 1.54) is 26.4 Å². The maximum atomic E-state index is 13.8. The summed E-state index contributed by atoms with van der Waals surface area (Å²) in [5, 5.41) is 3.20. The molecule has 10 heteroatoms. The maximum Gasteiger partial charge on any atom is 0.274 e. The summed E-state index contributed by atoms with van der Waals surface area (Å²) in [7, 11) is 3.05. The van der Waals surface area contributed by atoms with Crippen LogP contribution in [0.25, 0.3) is 10.4 Å². The predicted molar refractivity (Wildman–Crippen MR) is 130 cm³/mol. The van der Waals surface area contributed by atoms with Crippen LogP contribution >= 0.6 is 11.3 Å². The summed E-state index contributed by atoms with van der Waals surface area (Å²) < 4.78 is 24.3. The van der Waals surface area contributed by atoms with Crippen molar-refractivity contribution in [1.29, 1.82) is 0 Å². The number of thiazole rings is 1. The monoisotopic (exact) mass is 496 g/mol. The first kappa shape index (κ1) is 23.1. The topological polar surface area (TPSA) is 107 Å². The average Bonchev–Trinajstić information content (AvgIpc) is 3.38. The number of ether oxygens (including phenoxy) is 2. The lowest BCUT2D eigenvalue weighted by Gasteiger charge is -2.27. The minimum atomic E-state index is -0.398. The molecule has 2 aromatic carbocycles. The highest BCUT2D eigenvalue weighted by Gasteiger charge is 2.54. The zero-order valence-corrected chi connectivity index (χ0v) is 20.1. The van der Waals surface area contributed by atoms with Gasteiger partial charge < -0.3 is 25.4 Å². The number of fused-ring (bicyclic) bond motifs is 1. The molecule has 1 aromatic heterocycles. The number of carbonyl (C=O) groups excluding carboxylic acids is 2. The van der Waals surface area contributed by atoms with E-state index in [4.69, 9.17) is 15.2 Å². The Bertz CT molecular complexity index is 1270. The molecule has 3 N–H and O–H groups in total. The van der Waals surface area contributed by atoms with Gasteiger partial charge in [0.05, 0.1) is 25.1 Å². The summed E-state index contributed by atoms with van der Waals surface area (Å²) >= 11 is 1.16. The molecule has 35 heavy (non-hydrogen) atoms. The van der Waals surface area contributed by atoms with Crippen LogP contribution in [0.2, 0.25) is 0 Å². The smallest absolute Gasteiger partial charge is 0.274 e. The van der Waals surface area contributed by atoms with E-state index in [-0.39, 0.29) is 28.7 Å². The first-order valence-corrected chi connectivity index (χ1v) is 12.0. The van der Waals surface area contributed by atoms with Gasteiger partial charge >= 0.3 is 0 Å². The third-order valence-electron chi connectivity index (χ3n) is 6.58. The van der Waals surface area contributed by atoms with Crippen molar-refractivity contribution in [2.24, 2.45) is 11.8 Å². The molecule has 3 atom stereocenters. The van der Waals surface area contributed by atoms with E-state index >= 15 is 0 Å². The second-order valence-electron chi connectivity index (χ2n) is 8.74. The zero-order chi connectivity index (χ0) is 24.7. The number of nitrogens with zero attached hydrogens (tertiary/aromatic N) is 2. The molecule has 3 aromatic rings. The standard InChI is InChI=1S/C25H25FN4O4S/c1-33-17-7-14(8-18(10-17)34-2)23(31)28-11-20-19-9-15(19)12-30(20)24(32)21-22(35-25(27)29-21)13-4-3-5-16(26)6-13/h3-8,10,15,19-20H,9,11-12H2,1-2H3,(H2,27,29)(H,28,31). The Kier molecular flexibility index (Phi) is 6.06. The number of methoxy groups -OCH3 is 2. The largest absolute Gasteiger partial charge is 0.497 e. The van der Waals surface area contributed by atoms with Gasteiger partial charge in [0.15, 0.2) is 5.13 Å². The number of nitrogens with two attached hydrogens (primary N) is 1. The lowest BCUT2D eigenvalue weighted by molar-refractivity contribution is 0.0691. The number of hydrogen-bond acceptors (Lipinski definition) is 7. The quantitative estimate of drug-likeness (QED) is 0.519. The molecule has 1 aliphatic carbocycles. The van der Waals surface area contributed by atoms with Gasteiger partial charge in [0.2, 0.25) is 0 Å².